The van der Waals surface area contributed by atoms with E-state index in [0.717, 1.165) is 12.0 Å². The second-order valence-electron chi connectivity index (χ2n) is 3.99. The molecule has 15 heavy (non-hydrogen) atoms. The minimum atomic E-state index is -0.243. The summed E-state index contributed by atoms with van der Waals surface area (Å²) in [6.45, 7) is 7.86. The fraction of sp³-hybridized carbons (Fsp3) is 0.636. The largest absolute Gasteiger partial charge is 0.352 e. The van der Waals surface area contributed by atoms with Gasteiger partial charge in [0.15, 0.2) is 0 Å². The van der Waals surface area contributed by atoms with Crippen molar-refractivity contribution in [1.29, 1.82) is 0 Å². The van der Waals surface area contributed by atoms with E-state index in [4.69, 9.17) is 0 Å². The molecule has 0 fully saturated rings. The molecule has 0 radical (unpaired) electrons. The number of amides is 1. The molecule has 0 aromatic carbocycles. The molecule has 0 aliphatic rings. The summed E-state index contributed by atoms with van der Waals surface area (Å²) in [5.74, 6) is 0.0208. The third-order valence-corrected chi connectivity index (χ3v) is 2.51. The van der Waals surface area contributed by atoms with Gasteiger partial charge < -0.3 is 5.32 Å². The number of carbonyl (C=O) groups is 1. The highest BCUT2D eigenvalue weighted by Gasteiger charge is 2.16. The second kappa shape index (κ2) is 4.96. The Morgan fingerprint density at radius 3 is 2.73 bits per heavy atom. The summed E-state index contributed by atoms with van der Waals surface area (Å²) < 4.78 is 1.69. The first-order valence-corrected chi connectivity index (χ1v) is 5.35. The Kier molecular flexibility index (Phi) is 3.88. The molecular weight excluding hydrogens is 190 g/mol. The molecule has 2 unspecified atom stereocenters. The van der Waals surface area contributed by atoms with Gasteiger partial charge in [0, 0.05) is 12.2 Å². The molecule has 1 amide bonds. The van der Waals surface area contributed by atoms with E-state index in [9.17, 15) is 4.79 Å². The molecular formula is C11H19N3O. The Balaban J connectivity index is 2.60. The standard InChI is InChI=1S/C11H19N3O/c1-5-9(3)13-11(15)10(4)14-7-8(2)6-12-14/h6-7,9-10H,5H2,1-4H3,(H,13,15). The molecule has 2 atom stereocenters. The first-order valence-electron chi connectivity index (χ1n) is 5.35. The summed E-state index contributed by atoms with van der Waals surface area (Å²) >= 11 is 0. The Bertz CT molecular complexity index is 332. The van der Waals surface area contributed by atoms with Crippen LogP contribution in [0, 0.1) is 6.92 Å². The van der Waals surface area contributed by atoms with Crippen LogP contribution in [-0.2, 0) is 4.79 Å². The van der Waals surface area contributed by atoms with Gasteiger partial charge in [-0.25, -0.2) is 0 Å². The number of nitrogens with zero attached hydrogens (tertiary/aromatic N) is 2. The lowest BCUT2D eigenvalue weighted by Gasteiger charge is -2.16. The molecule has 1 aromatic heterocycles. The summed E-state index contributed by atoms with van der Waals surface area (Å²) in [4.78, 5) is 11.8. The van der Waals surface area contributed by atoms with Gasteiger partial charge in [0.05, 0.1) is 6.20 Å². The van der Waals surface area contributed by atoms with Gasteiger partial charge in [-0.3, -0.25) is 9.48 Å². The zero-order valence-corrected chi connectivity index (χ0v) is 9.82. The van der Waals surface area contributed by atoms with Crippen LogP contribution in [-0.4, -0.2) is 21.7 Å². The highest BCUT2D eigenvalue weighted by atomic mass is 16.2. The normalized spacial score (nSPS) is 14.7. The van der Waals surface area contributed by atoms with E-state index in [2.05, 4.69) is 10.4 Å². The Labute approximate surface area is 90.7 Å². The third-order valence-electron chi connectivity index (χ3n) is 2.51. The average Bonchev–Trinajstić information content (AvgIpc) is 2.63. The van der Waals surface area contributed by atoms with Crippen LogP contribution in [0.2, 0.25) is 0 Å². The van der Waals surface area contributed by atoms with Crippen LogP contribution in [0.1, 0.15) is 38.8 Å². The molecule has 4 nitrogen and oxygen atoms in total. The van der Waals surface area contributed by atoms with E-state index < -0.39 is 0 Å². The predicted octanol–water partition coefficient (Wildman–Crippen LogP) is 1.67. The Hall–Kier alpha value is -1.32. The minimum Gasteiger partial charge on any atom is -0.352 e. The molecule has 0 bridgehead atoms. The van der Waals surface area contributed by atoms with Crippen molar-refractivity contribution in [3.8, 4) is 0 Å². The summed E-state index contributed by atoms with van der Waals surface area (Å²) in [5, 5.41) is 7.06. The monoisotopic (exact) mass is 209 g/mol. The Morgan fingerprint density at radius 1 is 1.60 bits per heavy atom. The van der Waals surface area contributed by atoms with Gasteiger partial charge >= 0.3 is 0 Å². The van der Waals surface area contributed by atoms with Crippen LogP contribution in [0.25, 0.3) is 0 Å². The minimum absolute atomic E-state index is 0.0208. The van der Waals surface area contributed by atoms with E-state index in [1.54, 1.807) is 10.9 Å². The van der Waals surface area contributed by atoms with Crippen molar-refractivity contribution in [1.82, 2.24) is 15.1 Å². The van der Waals surface area contributed by atoms with Gasteiger partial charge in [-0.15, -0.1) is 0 Å². The van der Waals surface area contributed by atoms with Crippen molar-refractivity contribution in [2.75, 3.05) is 0 Å². The first kappa shape index (κ1) is 11.8. The highest BCUT2D eigenvalue weighted by Crippen LogP contribution is 2.06. The van der Waals surface area contributed by atoms with Crippen LogP contribution in [0.5, 0.6) is 0 Å². The number of aromatic nitrogens is 2. The van der Waals surface area contributed by atoms with E-state index in [0.29, 0.717) is 0 Å². The number of hydrogen-bond acceptors (Lipinski definition) is 2. The molecule has 84 valence electrons. The molecule has 0 aliphatic carbocycles. The zero-order chi connectivity index (χ0) is 11.4. The topological polar surface area (TPSA) is 46.9 Å². The Morgan fingerprint density at radius 2 is 2.27 bits per heavy atom. The molecule has 0 aliphatic heterocycles. The molecule has 0 saturated carbocycles. The molecule has 1 heterocycles. The van der Waals surface area contributed by atoms with Crippen LogP contribution in [0.3, 0.4) is 0 Å². The van der Waals surface area contributed by atoms with Crippen molar-refractivity contribution in [2.45, 2.75) is 46.2 Å². The second-order valence-corrected chi connectivity index (χ2v) is 3.99. The molecule has 0 saturated heterocycles. The molecule has 1 N–H and O–H groups in total. The molecule has 1 rings (SSSR count). The maximum absolute atomic E-state index is 11.8. The van der Waals surface area contributed by atoms with Gasteiger partial charge in [0.25, 0.3) is 0 Å². The van der Waals surface area contributed by atoms with Crippen molar-refractivity contribution < 1.29 is 4.79 Å². The number of nitrogens with one attached hydrogen (secondary N) is 1. The number of hydrogen-bond donors (Lipinski definition) is 1. The highest BCUT2D eigenvalue weighted by molar-refractivity contribution is 5.80. The summed E-state index contributed by atoms with van der Waals surface area (Å²) in [6.07, 6.45) is 4.57. The lowest BCUT2D eigenvalue weighted by atomic mass is 10.2. The predicted molar refractivity (Wildman–Crippen MR) is 59.6 cm³/mol. The van der Waals surface area contributed by atoms with Crippen LogP contribution in [0.15, 0.2) is 12.4 Å². The maximum atomic E-state index is 11.8. The summed E-state index contributed by atoms with van der Waals surface area (Å²) in [6, 6.07) is -0.0238. The van der Waals surface area contributed by atoms with E-state index >= 15 is 0 Å². The first-order chi connectivity index (χ1) is 7.04. The van der Waals surface area contributed by atoms with E-state index in [-0.39, 0.29) is 18.0 Å². The van der Waals surface area contributed by atoms with Crippen molar-refractivity contribution >= 4 is 5.91 Å². The van der Waals surface area contributed by atoms with Gasteiger partial charge in [-0.2, -0.15) is 5.10 Å². The third kappa shape index (κ3) is 3.08. The van der Waals surface area contributed by atoms with Crippen molar-refractivity contribution in [3.63, 3.8) is 0 Å². The van der Waals surface area contributed by atoms with Gasteiger partial charge in [0.1, 0.15) is 6.04 Å². The summed E-state index contributed by atoms with van der Waals surface area (Å²) in [7, 11) is 0. The lowest BCUT2D eigenvalue weighted by molar-refractivity contribution is -0.124. The van der Waals surface area contributed by atoms with Gasteiger partial charge in [-0.1, -0.05) is 6.92 Å². The van der Waals surface area contributed by atoms with Gasteiger partial charge in [0.2, 0.25) is 5.91 Å². The molecule has 1 aromatic rings. The van der Waals surface area contributed by atoms with Crippen molar-refractivity contribution in [2.24, 2.45) is 0 Å². The fourth-order valence-electron chi connectivity index (χ4n) is 1.23. The van der Waals surface area contributed by atoms with Crippen LogP contribution in [0.4, 0.5) is 0 Å². The van der Waals surface area contributed by atoms with E-state index in [1.165, 1.54) is 0 Å². The average molecular weight is 209 g/mol. The molecule has 0 spiro atoms. The smallest absolute Gasteiger partial charge is 0.244 e. The van der Waals surface area contributed by atoms with Gasteiger partial charge in [-0.05, 0) is 32.8 Å². The number of carbonyl (C=O) groups excluding carboxylic acids is 1. The molecule has 4 heteroatoms. The zero-order valence-electron chi connectivity index (χ0n) is 9.82. The maximum Gasteiger partial charge on any atom is 0.244 e. The summed E-state index contributed by atoms with van der Waals surface area (Å²) in [5.41, 5.74) is 1.07. The quantitative estimate of drug-likeness (QED) is 0.820. The SMILES string of the molecule is CCC(C)NC(=O)C(C)n1cc(C)cn1. The number of rotatable bonds is 4. The number of aryl methyl sites for hydroxylation is 1. The van der Waals surface area contributed by atoms with Crippen LogP contribution < -0.4 is 5.32 Å². The fourth-order valence-corrected chi connectivity index (χ4v) is 1.23. The van der Waals surface area contributed by atoms with Crippen molar-refractivity contribution in [3.05, 3.63) is 18.0 Å². The van der Waals surface area contributed by atoms with Crippen LogP contribution >= 0.6 is 0 Å². The van der Waals surface area contributed by atoms with E-state index in [1.807, 2.05) is 33.9 Å². The lowest BCUT2D eigenvalue weighted by Crippen LogP contribution is -2.37.